The highest BCUT2D eigenvalue weighted by atomic mass is 28.4. The summed E-state index contributed by atoms with van der Waals surface area (Å²) in [6.07, 6.45) is 4.28. The largest absolute Gasteiger partial charge is 0.529 e. The first-order chi connectivity index (χ1) is 7.24. The summed E-state index contributed by atoms with van der Waals surface area (Å²) < 4.78 is 17.0. The Balaban J connectivity index is 4.44. The van der Waals surface area contributed by atoms with Crippen LogP contribution in [0.3, 0.4) is 0 Å². The maximum absolute atomic E-state index is 5.66. The van der Waals surface area contributed by atoms with E-state index in [0.29, 0.717) is 19.8 Å². The molecule has 0 rings (SSSR count). The maximum atomic E-state index is 5.66. The summed E-state index contributed by atoms with van der Waals surface area (Å²) in [7, 11) is -2.51. The van der Waals surface area contributed by atoms with Crippen molar-refractivity contribution < 1.29 is 13.3 Å². The number of hydrogen-bond acceptors (Lipinski definition) is 3. The molecule has 0 aliphatic heterocycles. The van der Waals surface area contributed by atoms with Gasteiger partial charge in [0.25, 0.3) is 0 Å². The normalized spacial score (nSPS) is 12.5. The van der Waals surface area contributed by atoms with Crippen molar-refractivity contribution in [1.82, 2.24) is 0 Å². The molecule has 0 heterocycles. The van der Waals surface area contributed by atoms with Crippen molar-refractivity contribution in [2.75, 3.05) is 19.8 Å². The fourth-order valence-corrected chi connectivity index (χ4v) is 3.47. The fraction of sp³-hybridized carbons (Fsp3) is 0.818. The van der Waals surface area contributed by atoms with Crippen LogP contribution in [0.1, 0.15) is 40.5 Å². The van der Waals surface area contributed by atoms with Crippen LogP contribution in [-0.2, 0) is 13.3 Å². The van der Waals surface area contributed by atoms with Gasteiger partial charge in [-0.1, -0.05) is 19.4 Å². The van der Waals surface area contributed by atoms with Crippen LogP contribution >= 0.6 is 0 Å². The molecule has 0 N–H and O–H groups in total. The van der Waals surface area contributed by atoms with Gasteiger partial charge in [0.15, 0.2) is 0 Å². The van der Waals surface area contributed by atoms with Gasteiger partial charge in [-0.05, 0) is 32.9 Å². The average molecular weight is 232 g/mol. The highest BCUT2D eigenvalue weighted by Crippen LogP contribution is 2.12. The molecule has 0 saturated heterocycles. The minimum Gasteiger partial charge on any atom is -0.371 e. The molecule has 0 radical (unpaired) electrons. The van der Waals surface area contributed by atoms with Crippen molar-refractivity contribution in [3.8, 4) is 0 Å². The topological polar surface area (TPSA) is 27.7 Å². The number of hydrogen-bond donors (Lipinski definition) is 0. The molecular weight excluding hydrogens is 208 g/mol. The summed E-state index contributed by atoms with van der Waals surface area (Å²) in [6.45, 7) is 9.93. The third kappa shape index (κ3) is 6.09. The summed E-state index contributed by atoms with van der Waals surface area (Å²) in [5, 5.41) is 0. The molecule has 3 nitrogen and oxygen atoms in total. The van der Waals surface area contributed by atoms with E-state index in [1.807, 2.05) is 26.5 Å². The SMILES string of the molecule is CCC/C=C/[Si](OCC)(OCC)OCC. The number of rotatable bonds is 9. The molecule has 0 saturated carbocycles. The predicted octanol–water partition coefficient (Wildman–Crippen LogP) is 2.93. The highest BCUT2D eigenvalue weighted by Gasteiger charge is 2.37. The van der Waals surface area contributed by atoms with Crippen LogP contribution in [0, 0.1) is 0 Å². The third-order valence-electron chi connectivity index (χ3n) is 1.81. The molecule has 0 unspecified atom stereocenters. The van der Waals surface area contributed by atoms with Crippen LogP contribution in [-0.4, -0.2) is 28.6 Å². The van der Waals surface area contributed by atoms with E-state index in [0.717, 1.165) is 12.8 Å². The lowest BCUT2D eigenvalue weighted by atomic mass is 10.3. The Morgan fingerprint density at radius 2 is 1.33 bits per heavy atom. The van der Waals surface area contributed by atoms with Crippen LogP contribution in [0.15, 0.2) is 11.8 Å². The number of unbranched alkanes of at least 4 members (excludes halogenated alkanes) is 1. The molecule has 4 heteroatoms. The van der Waals surface area contributed by atoms with Gasteiger partial charge in [-0.15, -0.1) is 0 Å². The Hall–Kier alpha value is -0.163. The van der Waals surface area contributed by atoms with Crippen LogP contribution in [0.25, 0.3) is 0 Å². The van der Waals surface area contributed by atoms with E-state index in [2.05, 4.69) is 13.0 Å². The predicted molar refractivity (Wildman–Crippen MR) is 64.7 cm³/mol. The van der Waals surface area contributed by atoms with Gasteiger partial charge in [-0.3, -0.25) is 0 Å². The third-order valence-corrected chi connectivity index (χ3v) is 4.53. The second-order valence-corrected chi connectivity index (χ2v) is 5.50. The zero-order valence-corrected chi connectivity index (χ0v) is 11.4. The van der Waals surface area contributed by atoms with Gasteiger partial charge < -0.3 is 13.3 Å². The van der Waals surface area contributed by atoms with Crippen molar-refractivity contribution in [3.05, 3.63) is 11.8 Å². The van der Waals surface area contributed by atoms with Crippen molar-refractivity contribution in [2.45, 2.75) is 40.5 Å². The summed E-state index contributed by atoms with van der Waals surface area (Å²) in [4.78, 5) is 0. The molecule has 0 spiro atoms. The minimum atomic E-state index is -2.51. The molecule has 0 aromatic carbocycles. The zero-order chi connectivity index (χ0) is 11.6. The Morgan fingerprint density at radius 3 is 1.67 bits per heavy atom. The molecule has 0 atom stereocenters. The van der Waals surface area contributed by atoms with Gasteiger partial charge in [-0.2, -0.15) is 0 Å². The van der Waals surface area contributed by atoms with Gasteiger partial charge >= 0.3 is 8.80 Å². The Bertz CT molecular complexity index is 154. The molecule has 0 aliphatic carbocycles. The van der Waals surface area contributed by atoms with E-state index in [-0.39, 0.29) is 0 Å². The van der Waals surface area contributed by atoms with Gasteiger partial charge in [0.2, 0.25) is 0 Å². The summed E-state index contributed by atoms with van der Waals surface area (Å²) in [5.41, 5.74) is 2.01. The molecular formula is C11H24O3Si. The van der Waals surface area contributed by atoms with E-state index < -0.39 is 8.80 Å². The molecule has 0 aromatic heterocycles. The lowest BCUT2D eigenvalue weighted by Gasteiger charge is -2.25. The van der Waals surface area contributed by atoms with Crippen LogP contribution in [0.5, 0.6) is 0 Å². The maximum Gasteiger partial charge on any atom is 0.529 e. The fourth-order valence-electron chi connectivity index (χ4n) is 1.27. The van der Waals surface area contributed by atoms with Gasteiger partial charge in [0.1, 0.15) is 0 Å². The minimum absolute atomic E-state index is 0.628. The van der Waals surface area contributed by atoms with Crippen LogP contribution < -0.4 is 0 Å². The highest BCUT2D eigenvalue weighted by molar-refractivity contribution is 6.66. The van der Waals surface area contributed by atoms with E-state index in [1.165, 1.54) is 0 Å². The van der Waals surface area contributed by atoms with Gasteiger partial charge in [-0.25, -0.2) is 0 Å². The quantitative estimate of drug-likeness (QED) is 0.572. The molecule has 15 heavy (non-hydrogen) atoms. The summed E-state index contributed by atoms with van der Waals surface area (Å²) >= 11 is 0. The van der Waals surface area contributed by atoms with E-state index in [1.54, 1.807) is 0 Å². The van der Waals surface area contributed by atoms with Crippen molar-refractivity contribution in [3.63, 3.8) is 0 Å². The first kappa shape index (κ1) is 14.8. The van der Waals surface area contributed by atoms with Crippen LogP contribution in [0.4, 0.5) is 0 Å². The monoisotopic (exact) mass is 232 g/mol. The molecule has 0 fully saturated rings. The van der Waals surface area contributed by atoms with Crippen molar-refractivity contribution >= 4 is 8.80 Å². The first-order valence-corrected chi connectivity index (χ1v) is 7.64. The Morgan fingerprint density at radius 1 is 0.867 bits per heavy atom. The van der Waals surface area contributed by atoms with Crippen LogP contribution in [0.2, 0.25) is 0 Å². The Kier molecular flexibility index (Phi) is 8.99. The number of allylic oxidation sites excluding steroid dienone is 1. The van der Waals surface area contributed by atoms with Crippen molar-refractivity contribution in [2.24, 2.45) is 0 Å². The van der Waals surface area contributed by atoms with E-state index >= 15 is 0 Å². The second kappa shape index (κ2) is 9.09. The van der Waals surface area contributed by atoms with E-state index in [9.17, 15) is 0 Å². The lowest BCUT2D eigenvalue weighted by Crippen LogP contribution is -2.44. The summed E-state index contributed by atoms with van der Waals surface area (Å²) in [6, 6.07) is 0. The molecule has 0 amide bonds. The van der Waals surface area contributed by atoms with Gasteiger partial charge in [0.05, 0.1) is 0 Å². The Labute approximate surface area is 94.8 Å². The standard InChI is InChI=1S/C11H24O3Si/c1-5-9-10-11-15(12-6-2,13-7-3)14-8-4/h10-11H,5-9H2,1-4H3/b11-10+. The van der Waals surface area contributed by atoms with E-state index in [4.69, 9.17) is 13.3 Å². The van der Waals surface area contributed by atoms with Crippen molar-refractivity contribution in [1.29, 1.82) is 0 Å². The first-order valence-electron chi connectivity index (χ1n) is 5.84. The molecule has 90 valence electrons. The smallest absolute Gasteiger partial charge is 0.371 e. The average Bonchev–Trinajstić information content (AvgIpc) is 2.19. The van der Waals surface area contributed by atoms with Gasteiger partial charge in [0, 0.05) is 19.8 Å². The lowest BCUT2D eigenvalue weighted by molar-refractivity contribution is 0.0842. The zero-order valence-electron chi connectivity index (χ0n) is 10.4. The summed E-state index contributed by atoms with van der Waals surface area (Å²) in [5.74, 6) is 0. The molecule has 0 aliphatic rings. The molecule has 0 bridgehead atoms. The second-order valence-electron chi connectivity index (χ2n) is 3.09. The molecule has 0 aromatic rings.